The third-order valence-electron chi connectivity index (χ3n) is 6.05. The van der Waals surface area contributed by atoms with Gasteiger partial charge in [0.2, 0.25) is 0 Å². The van der Waals surface area contributed by atoms with E-state index in [0.717, 1.165) is 27.7 Å². The third kappa shape index (κ3) is 4.43. The molecule has 0 aliphatic carbocycles. The normalized spacial score (nSPS) is 11.8. The van der Waals surface area contributed by atoms with E-state index in [2.05, 4.69) is 10.3 Å². The fourth-order valence-electron chi connectivity index (χ4n) is 3.99. The van der Waals surface area contributed by atoms with Gasteiger partial charge in [-0.05, 0) is 68.3 Å². The smallest absolute Gasteiger partial charge is 0.274 e. The number of benzene rings is 3. The van der Waals surface area contributed by atoms with Crippen LogP contribution in [-0.4, -0.2) is 29.0 Å². The van der Waals surface area contributed by atoms with Crippen LogP contribution in [0.5, 0.6) is 11.5 Å². The van der Waals surface area contributed by atoms with Crippen LogP contribution in [0.1, 0.15) is 22.3 Å². The van der Waals surface area contributed by atoms with Crippen molar-refractivity contribution in [2.24, 2.45) is 0 Å². The Morgan fingerprint density at radius 2 is 1.83 bits per heavy atom. The topological polar surface area (TPSA) is 81.9 Å². The molecule has 0 aliphatic rings. The summed E-state index contributed by atoms with van der Waals surface area (Å²) in [6.45, 7) is 5.82. The molecule has 0 fully saturated rings. The van der Waals surface area contributed by atoms with Crippen LogP contribution in [0, 0.1) is 20.8 Å². The van der Waals surface area contributed by atoms with Crippen molar-refractivity contribution in [3.8, 4) is 11.5 Å². The minimum atomic E-state index is -0.299. The van der Waals surface area contributed by atoms with E-state index in [4.69, 9.17) is 9.47 Å². The number of hydrogen-bond donors (Lipinski definition) is 1. The molecule has 2 aromatic heterocycles. The number of fused-ring (bicyclic) bond motifs is 3. The molecule has 182 valence electrons. The number of methoxy groups -OCH3 is 1. The van der Waals surface area contributed by atoms with E-state index in [9.17, 15) is 9.59 Å². The SMILES string of the molecule is COc1cccc(/C=c2\sc3nc4cc(C)c(C)cc4n3c2=O)c1OCC(=O)Nc1ccc(C)cc1. The average Bonchev–Trinajstić information content (AvgIpc) is 3.35. The van der Waals surface area contributed by atoms with Crippen molar-refractivity contribution in [1.29, 1.82) is 0 Å². The largest absolute Gasteiger partial charge is 0.493 e. The molecule has 0 unspecified atom stereocenters. The molecule has 8 heteroatoms. The molecule has 0 atom stereocenters. The summed E-state index contributed by atoms with van der Waals surface area (Å²) in [5.41, 5.74) is 6.13. The molecule has 0 aliphatic heterocycles. The van der Waals surface area contributed by atoms with Gasteiger partial charge in [-0.3, -0.25) is 9.59 Å². The minimum absolute atomic E-state index is 0.147. The summed E-state index contributed by atoms with van der Waals surface area (Å²) >= 11 is 1.31. The number of ether oxygens (including phenoxy) is 2. The number of aromatic nitrogens is 2. The second-order valence-corrected chi connectivity index (χ2v) is 9.66. The number of nitrogens with one attached hydrogen (secondary N) is 1. The molecule has 2 heterocycles. The second-order valence-electron chi connectivity index (χ2n) is 8.65. The zero-order valence-corrected chi connectivity index (χ0v) is 21.2. The second kappa shape index (κ2) is 9.47. The van der Waals surface area contributed by atoms with Gasteiger partial charge in [0, 0.05) is 11.3 Å². The Morgan fingerprint density at radius 1 is 1.08 bits per heavy atom. The Bertz CT molecular complexity index is 1720. The van der Waals surface area contributed by atoms with Crippen molar-refractivity contribution in [3.05, 3.63) is 91.7 Å². The summed E-state index contributed by atoms with van der Waals surface area (Å²) in [6.07, 6.45) is 1.75. The molecule has 36 heavy (non-hydrogen) atoms. The first-order valence-corrected chi connectivity index (χ1v) is 12.3. The van der Waals surface area contributed by atoms with Crippen LogP contribution in [0.2, 0.25) is 0 Å². The standard InChI is InChI=1S/C28H25N3O4S/c1-16-8-10-20(11-9-16)29-25(32)15-35-26-19(6-5-7-23(26)34-4)14-24-27(33)31-22-13-18(3)17(2)12-21(22)30-28(31)36-24/h5-14H,15H2,1-4H3,(H,29,32)/b24-14-. The molecule has 0 radical (unpaired) electrons. The van der Waals surface area contributed by atoms with E-state index < -0.39 is 0 Å². The van der Waals surface area contributed by atoms with Gasteiger partial charge in [-0.15, -0.1) is 0 Å². The van der Waals surface area contributed by atoms with Crippen molar-refractivity contribution < 1.29 is 14.3 Å². The van der Waals surface area contributed by atoms with E-state index in [0.29, 0.717) is 32.2 Å². The summed E-state index contributed by atoms with van der Waals surface area (Å²) in [4.78, 5) is 31.1. The molecule has 0 bridgehead atoms. The number of thiazole rings is 1. The summed E-state index contributed by atoms with van der Waals surface area (Å²) < 4.78 is 13.5. The van der Waals surface area contributed by atoms with Gasteiger partial charge in [0.1, 0.15) is 0 Å². The van der Waals surface area contributed by atoms with Gasteiger partial charge in [-0.25, -0.2) is 9.38 Å². The first-order valence-electron chi connectivity index (χ1n) is 11.4. The zero-order valence-electron chi connectivity index (χ0n) is 20.4. The average molecular weight is 500 g/mol. The lowest BCUT2D eigenvalue weighted by Crippen LogP contribution is -2.23. The van der Waals surface area contributed by atoms with Gasteiger partial charge in [0.25, 0.3) is 11.5 Å². The van der Waals surface area contributed by atoms with Crippen LogP contribution in [0.4, 0.5) is 5.69 Å². The maximum Gasteiger partial charge on any atom is 0.274 e. The molecule has 0 saturated carbocycles. The lowest BCUT2D eigenvalue weighted by Gasteiger charge is -2.13. The van der Waals surface area contributed by atoms with Gasteiger partial charge in [-0.2, -0.15) is 0 Å². The molecule has 0 saturated heterocycles. The van der Waals surface area contributed by atoms with E-state index >= 15 is 0 Å². The molecule has 5 rings (SSSR count). The zero-order chi connectivity index (χ0) is 25.4. The maximum atomic E-state index is 13.3. The highest BCUT2D eigenvalue weighted by atomic mass is 32.1. The van der Waals surface area contributed by atoms with Gasteiger partial charge in [0.15, 0.2) is 23.1 Å². The molecule has 5 aromatic rings. The molecule has 1 N–H and O–H groups in total. The van der Waals surface area contributed by atoms with Crippen LogP contribution in [-0.2, 0) is 4.79 Å². The number of aryl methyl sites for hydroxylation is 3. The first-order chi connectivity index (χ1) is 17.3. The van der Waals surface area contributed by atoms with Gasteiger partial charge in [-0.1, -0.05) is 41.2 Å². The van der Waals surface area contributed by atoms with Crippen molar-refractivity contribution >= 4 is 45.0 Å². The number of amides is 1. The van der Waals surface area contributed by atoms with Crippen molar-refractivity contribution in [2.45, 2.75) is 20.8 Å². The van der Waals surface area contributed by atoms with Crippen LogP contribution in [0.15, 0.2) is 59.4 Å². The van der Waals surface area contributed by atoms with Gasteiger partial charge in [0.05, 0.1) is 22.7 Å². The highest BCUT2D eigenvalue weighted by Crippen LogP contribution is 2.32. The first kappa shape index (κ1) is 23.6. The maximum absolute atomic E-state index is 13.3. The summed E-state index contributed by atoms with van der Waals surface area (Å²) in [5, 5.41) is 2.82. The highest BCUT2D eigenvalue weighted by Gasteiger charge is 2.15. The minimum Gasteiger partial charge on any atom is -0.493 e. The Labute approximate surface area is 211 Å². The Balaban J connectivity index is 1.48. The van der Waals surface area contributed by atoms with E-state index in [1.807, 2.05) is 69.3 Å². The number of carbonyl (C=O) groups excluding carboxylic acids is 1. The molecule has 3 aromatic carbocycles. The molecule has 7 nitrogen and oxygen atoms in total. The molecule has 0 spiro atoms. The Kier molecular flexibility index (Phi) is 6.20. The fraction of sp³-hybridized carbons (Fsp3) is 0.179. The molecular weight excluding hydrogens is 474 g/mol. The van der Waals surface area contributed by atoms with E-state index in [1.165, 1.54) is 18.4 Å². The number of para-hydroxylation sites is 1. The van der Waals surface area contributed by atoms with Gasteiger partial charge >= 0.3 is 0 Å². The van der Waals surface area contributed by atoms with Crippen LogP contribution in [0.25, 0.3) is 22.1 Å². The number of anilines is 1. The summed E-state index contributed by atoms with van der Waals surface area (Å²) in [6, 6.07) is 16.9. The lowest BCUT2D eigenvalue weighted by atomic mass is 10.1. The number of nitrogens with zero attached hydrogens (tertiary/aromatic N) is 2. The molecular formula is C28H25N3O4S. The number of rotatable bonds is 6. The number of hydrogen-bond acceptors (Lipinski definition) is 6. The fourth-order valence-corrected chi connectivity index (χ4v) is 4.97. The summed E-state index contributed by atoms with van der Waals surface area (Å²) in [7, 11) is 1.53. The number of imidazole rings is 1. The summed E-state index contributed by atoms with van der Waals surface area (Å²) in [5.74, 6) is 0.560. The predicted molar refractivity (Wildman–Crippen MR) is 143 cm³/mol. The van der Waals surface area contributed by atoms with Crippen LogP contribution < -0.4 is 24.9 Å². The lowest BCUT2D eigenvalue weighted by molar-refractivity contribution is -0.118. The van der Waals surface area contributed by atoms with Crippen molar-refractivity contribution in [1.82, 2.24) is 9.38 Å². The predicted octanol–water partition coefficient (Wildman–Crippen LogP) is 4.41. The van der Waals surface area contributed by atoms with E-state index in [-0.39, 0.29) is 18.1 Å². The van der Waals surface area contributed by atoms with Crippen molar-refractivity contribution in [3.63, 3.8) is 0 Å². The monoisotopic (exact) mass is 499 g/mol. The van der Waals surface area contributed by atoms with Crippen LogP contribution in [0.3, 0.4) is 0 Å². The Hall–Kier alpha value is -4.17. The van der Waals surface area contributed by atoms with Gasteiger partial charge < -0.3 is 14.8 Å². The number of carbonyl (C=O) groups is 1. The Morgan fingerprint density at radius 3 is 2.58 bits per heavy atom. The van der Waals surface area contributed by atoms with E-state index in [1.54, 1.807) is 16.5 Å². The molecule has 1 amide bonds. The third-order valence-corrected chi connectivity index (χ3v) is 7.02. The van der Waals surface area contributed by atoms with Crippen LogP contribution >= 0.6 is 11.3 Å². The van der Waals surface area contributed by atoms with Crippen molar-refractivity contribution in [2.75, 3.05) is 19.0 Å². The quantitative estimate of drug-likeness (QED) is 0.374. The highest BCUT2D eigenvalue weighted by molar-refractivity contribution is 7.15.